The number of benzene rings is 1. The lowest BCUT2D eigenvalue weighted by Gasteiger charge is -2.40. The van der Waals surface area contributed by atoms with E-state index in [4.69, 9.17) is 4.42 Å². The number of furan rings is 1. The summed E-state index contributed by atoms with van der Waals surface area (Å²) < 4.78 is 32.9. The van der Waals surface area contributed by atoms with Crippen molar-refractivity contribution in [3.8, 4) is 0 Å². The Hall–Kier alpha value is -2.25. The number of aryl methyl sites for hydroxylation is 1. The van der Waals surface area contributed by atoms with E-state index in [2.05, 4.69) is 0 Å². The minimum absolute atomic E-state index is 0.0637. The number of hydrogen-bond donors (Lipinski definition) is 1. The number of likely N-dealkylation sites (N-methyl/N-ethyl adjacent to an activating group) is 1. The molecule has 0 radical (unpaired) electrons. The van der Waals surface area contributed by atoms with Crippen LogP contribution in [0, 0.1) is 18.6 Å². The minimum atomic E-state index is -1.56. The Kier molecular flexibility index (Phi) is 5.62. The summed E-state index contributed by atoms with van der Waals surface area (Å²) >= 11 is 0. The Morgan fingerprint density at radius 3 is 2.78 bits per heavy atom. The van der Waals surface area contributed by atoms with Gasteiger partial charge in [0.15, 0.2) is 17.2 Å². The monoisotopic (exact) mass is 378 g/mol. The van der Waals surface area contributed by atoms with Gasteiger partial charge in [-0.1, -0.05) is 12.1 Å². The lowest BCUT2D eigenvalue weighted by atomic mass is 9.90. The molecule has 3 rings (SSSR count). The molecule has 1 unspecified atom stereocenters. The SMILES string of the molecule is Cc1ccc(CN(C)CC2(O)CCCN(Cc3cccc(F)c3F)C2=O)o1. The van der Waals surface area contributed by atoms with E-state index in [9.17, 15) is 18.7 Å². The van der Waals surface area contributed by atoms with E-state index >= 15 is 0 Å². The van der Waals surface area contributed by atoms with E-state index < -0.39 is 23.1 Å². The largest absolute Gasteiger partial charge is 0.465 e. The molecule has 0 aliphatic carbocycles. The number of hydrogen-bond acceptors (Lipinski definition) is 4. The first-order valence-electron chi connectivity index (χ1n) is 8.97. The van der Waals surface area contributed by atoms with Crippen molar-refractivity contribution in [1.82, 2.24) is 9.80 Å². The maximum absolute atomic E-state index is 13.9. The molecule has 1 atom stereocenters. The summed E-state index contributed by atoms with van der Waals surface area (Å²) in [4.78, 5) is 16.1. The van der Waals surface area contributed by atoms with Gasteiger partial charge in [0.05, 0.1) is 6.54 Å². The predicted octanol–water partition coefficient (Wildman–Crippen LogP) is 2.85. The lowest BCUT2D eigenvalue weighted by molar-refractivity contribution is -0.160. The smallest absolute Gasteiger partial charge is 0.256 e. The average molecular weight is 378 g/mol. The number of aliphatic hydroxyl groups is 1. The maximum Gasteiger partial charge on any atom is 0.256 e. The predicted molar refractivity (Wildman–Crippen MR) is 95.7 cm³/mol. The van der Waals surface area contributed by atoms with E-state index in [1.807, 2.05) is 24.0 Å². The van der Waals surface area contributed by atoms with Crippen LogP contribution in [0.5, 0.6) is 0 Å². The van der Waals surface area contributed by atoms with Crippen LogP contribution in [-0.2, 0) is 17.9 Å². The van der Waals surface area contributed by atoms with Crippen LogP contribution in [0.1, 0.15) is 29.9 Å². The van der Waals surface area contributed by atoms with Crippen LogP contribution >= 0.6 is 0 Å². The third kappa shape index (κ3) is 4.36. The summed E-state index contributed by atoms with van der Waals surface area (Å²) in [5, 5.41) is 10.9. The first kappa shape index (κ1) is 19.5. The molecule has 0 saturated carbocycles. The van der Waals surface area contributed by atoms with Gasteiger partial charge in [0.1, 0.15) is 11.5 Å². The first-order chi connectivity index (χ1) is 12.8. The van der Waals surface area contributed by atoms with Gasteiger partial charge in [-0.05, 0) is 45.0 Å². The fraction of sp³-hybridized carbons (Fsp3) is 0.450. The molecule has 1 aromatic heterocycles. The van der Waals surface area contributed by atoms with Crippen molar-refractivity contribution in [2.24, 2.45) is 0 Å². The van der Waals surface area contributed by atoms with Crippen molar-refractivity contribution in [2.75, 3.05) is 20.1 Å². The summed E-state index contributed by atoms with van der Waals surface area (Å²) in [6.07, 6.45) is 0.919. The Morgan fingerprint density at radius 1 is 1.30 bits per heavy atom. The van der Waals surface area contributed by atoms with Gasteiger partial charge < -0.3 is 14.4 Å². The summed E-state index contributed by atoms with van der Waals surface area (Å²) in [5.74, 6) is -0.806. The molecule has 1 amide bonds. The summed E-state index contributed by atoms with van der Waals surface area (Å²) in [6.45, 7) is 2.78. The zero-order chi connectivity index (χ0) is 19.6. The summed E-state index contributed by atoms with van der Waals surface area (Å²) in [6, 6.07) is 7.62. The second-order valence-corrected chi connectivity index (χ2v) is 7.26. The maximum atomic E-state index is 13.9. The van der Waals surface area contributed by atoms with Crippen molar-refractivity contribution in [2.45, 2.75) is 38.5 Å². The first-order valence-corrected chi connectivity index (χ1v) is 8.97. The molecular weight excluding hydrogens is 354 g/mol. The lowest BCUT2D eigenvalue weighted by Crippen LogP contribution is -2.57. The summed E-state index contributed by atoms with van der Waals surface area (Å²) in [5.41, 5.74) is -1.45. The van der Waals surface area contributed by atoms with Crippen LogP contribution < -0.4 is 0 Å². The van der Waals surface area contributed by atoms with E-state index in [-0.39, 0.29) is 18.7 Å². The van der Waals surface area contributed by atoms with Crippen molar-refractivity contribution >= 4 is 5.91 Å². The minimum Gasteiger partial charge on any atom is -0.465 e. The van der Waals surface area contributed by atoms with Crippen LogP contribution in [0.3, 0.4) is 0 Å². The number of likely N-dealkylation sites (tertiary alicyclic amines) is 1. The molecule has 5 nitrogen and oxygen atoms in total. The number of carbonyl (C=O) groups excluding carboxylic acids is 1. The second kappa shape index (κ2) is 7.78. The molecule has 0 bridgehead atoms. The van der Waals surface area contributed by atoms with Crippen LogP contribution in [0.2, 0.25) is 0 Å². The van der Waals surface area contributed by atoms with Gasteiger partial charge >= 0.3 is 0 Å². The van der Waals surface area contributed by atoms with Gasteiger partial charge in [0.25, 0.3) is 5.91 Å². The Labute approximate surface area is 157 Å². The standard InChI is InChI=1S/C20H24F2N2O3/c1-14-7-8-16(27-14)12-23(2)13-20(26)9-4-10-24(19(20)25)11-15-5-3-6-17(21)18(15)22/h3,5-8,26H,4,9-13H2,1-2H3. The van der Waals surface area contributed by atoms with E-state index in [1.165, 1.54) is 17.0 Å². The molecule has 1 N–H and O–H groups in total. The molecule has 27 heavy (non-hydrogen) atoms. The van der Waals surface area contributed by atoms with Crippen molar-refractivity contribution in [1.29, 1.82) is 0 Å². The highest BCUT2D eigenvalue weighted by molar-refractivity contribution is 5.86. The highest BCUT2D eigenvalue weighted by Crippen LogP contribution is 2.26. The van der Waals surface area contributed by atoms with Crippen LogP contribution in [0.25, 0.3) is 0 Å². The summed E-state index contributed by atoms with van der Waals surface area (Å²) in [7, 11) is 1.80. The molecule has 2 aromatic rings. The third-order valence-electron chi connectivity index (χ3n) is 4.85. The zero-order valence-electron chi connectivity index (χ0n) is 15.5. The third-order valence-corrected chi connectivity index (χ3v) is 4.85. The van der Waals surface area contributed by atoms with E-state index in [0.29, 0.717) is 25.9 Å². The normalized spacial score (nSPS) is 20.5. The average Bonchev–Trinajstić information content (AvgIpc) is 3.00. The fourth-order valence-corrected chi connectivity index (χ4v) is 3.58. The number of rotatable bonds is 6. The molecule has 1 fully saturated rings. The fourth-order valence-electron chi connectivity index (χ4n) is 3.58. The van der Waals surface area contributed by atoms with E-state index in [0.717, 1.165) is 17.6 Å². The quantitative estimate of drug-likeness (QED) is 0.840. The highest BCUT2D eigenvalue weighted by Gasteiger charge is 2.43. The van der Waals surface area contributed by atoms with Crippen LogP contribution in [-0.4, -0.2) is 46.6 Å². The van der Waals surface area contributed by atoms with Gasteiger partial charge in [-0.2, -0.15) is 0 Å². The molecule has 1 aliphatic heterocycles. The highest BCUT2D eigenvalue weighted by atomic mass is 19.2. The number of piperidine rings is 1. The molecule has 0 spiro atoms. The Balaban J connectivity index is 1.68. The topological polar surface area (TPSA) is 56.9 Å². The van der Waals surface area contributed by atoms with Gasteiger partial charge in [-0.3, -0.25) is 9.69 Å². The van der Waals surface area contributed by atoms with Crippen LogP contribution in [0.15, 0.2) is 34.7 Å². The Bertz CT molecular complexity index is 823. The van der Waals surface area contributed by atoms with Gasteiger partial charge in [-0.25, -0.2) is 8.78 Å². The van der Waals surface area contributed by atoms with Gasteiger partial charge in [0.2, 0.25) is 0 Å². The van der Waals surface area contributed by atoms with E-state index in [1.54, 1.807) is 7.05 Å². The molecule has 7 heteroatoms. The van der Waals surface area contributed by atoms with Gasteiger partial charge in [0, 0.05) is 25.2 Å². The van der Waals surface area contributed by atoms with Crippen molar-refractivity contribution in [3.05, 3.63) is 59.1 Å². The second-order valence-electron chi connectivity index (χ2n) is 7.26. The molecular formula is C20H24F2N2O3. The zero-order valence-corrected chi connectivity index (χ0v) is 15.5. The number of carbonyl (C=O) groups is 1. The molecule has 1 saturated heterocycles. The number of halogens is 2. The molecule has 1 aromatic carbocycles. The van der Waals surface area contributed by atoms with Crippen LogP contribution in [0.4, 0.5) is 8.78 Å². The van der Waals surface area contributed by atoms with Crippen molar-refractivity contribution in [3.63, 3.8) is 0 Å². The van der Waals surface area contributed by atoms with Gasteiger partial charge in [-0.15, -0.1) is 0 Å². The molecule has 146 valence electrons. The number of amides is 1. The Morgan fingerprint density at radius 2 is 2.07 bits per heavy atom. The molecule has 2 heterocycles. The molecule has 1 aliphatic rings. The number of nitrogens with zero attached hydrogens (tertiary/aromatic N) is 2. The van der Waals surface area contributed by atoms with Crippen molar-refractivity contribution < 1.29 is 23.1 Å².